The molecule has 0 aliphatic carbocycles. The van der Waals surface area contributed by atoms with Crippen molar-refractivity contribution in [1.29, 1.82) is 5.26 Å². The number of benzene rings is 1. The van der Waals surface area contributed by atoms with Crippen molar-refractivity contribution in [2.75, 3.05) is 5.32 Å². The fourth-order valence-electron chi connectivity index (χ4n) is 1.69. The van der Waals surface area contributed by atoms with Crippen LogP contribution in [0.3, 0.4) is 0 Å². The van der Waals surface area contributed by atoms with E-state index in [1.807, 2.05) is 17.5 Å². The average Bonchev–Trinajstić information content (AvgIpc) is 2.89. The lowest BCUT2D eigenvalue weighted by Gasteiger charge is -2.17. The molecule has 0 saturated carbocycles. The average molecular weight is 278 g/mol. The van der Waals surface area contributed by atoms with Crippen LogP contribution in [0.25, 0.3) is 0 Å². The molecule has 0 radical (unpaired) electrons. The molecule has 0 aliphatic rings. The molecule has 1 aromatic carbocycles. The third-order valence-corrected chi connectivity index (χ3v) is 3.82. The van der Waals surface area contributed by atoms with Crippen LogP contribution in [0.5, 0.6) is 0 Å². The van der Waals surface area contributed by atoms with E-state index in [0.717, 1.165) is 17.1 Å². The van der Waals surface area contributed by atoms with Crippen LogP contribution >= 0.6 is 22.9 Å². The number of nitriles is 1. The summed E-state index contributed by atoms with van der Waals surface area (Å²) in [5.74, 6) is 0. The van der Waals surface area contributed by atoms with Crippen molar-refractivity contribution in [3.63, 3.8) is 0 Å². The van der Waals surface area contributed by atoms with Crippen LogP contribution < -0.4 is 5.32 Å². The molecule has 1 aromatic heterocycles. The maximum Gasteiger partial charge on any atom is 0.115 e. The first-order valence-electron chi connectivity index (χ1n) is 5.60. The van der Waals surface area contributed by atoms with Gasteiger partial charge in [-0.15, -0.1) is 11.3 Å². The molecule has 3 nitrogen and oxygen atoms in total. The third kappa shape index (κ3) is 2.63. The van der Waals surface area contributed by atoms with Gasteiger partial charge in [-0.05, 0) is 18.6 Å². The van der Waals surface area contributed by atoms with E-state index in [4.69, 9.17) is 16.9 Å². The third-order valence-electron chi connectivity index (χ3n) is 2.61. The second-order valence-corrected chi connectivity index (χ2v) is 5.08. The first-order chi connectivity index (χ1) is 8.76. The predicted octanol–water partition coefficient (Wildman–Crippen LogP) is 4.23. The number of aromatic nitrogens is 1. The predicted molar refractivity (Wildman–Crippen MR) is 74.9 cm³/mol. The number of anilines is 1. The topological polar surface area (TPSA) is 48.7 Å². The zero-order valence-corrected chi connectivity index (χ0v) is 11.4. The summed E-state index contributed by atoms with van der Waals surface area (Å²) in [6.07, 6.45) is 2.68. The molecule has 0 aliphatic heterocycles. The Labute approximate surface area is 115 Å². The first kappa shape index (κ1) is 12.9. The SMILES string of the molecule is CCC(Nc1cccc(Cl)c1C#N)c1nccs1. The minimum Gasteiger partial charge on any atom is -0.375 e. The van der Waals surface area contributed by atoms with Crippen LogP contribution in [0.4, 0.5) is 5.69 Å². The minimum atomic E-state index is 0.107. The molecule has 1 atom stereocenters. The fourth-order valence-corrected chi connectivity index (χ4v) is 2.68. The van der Waals surface area contributed by atoms with Gasteiger partial charge in [-0.25, -0.2) is 4.98 Å². The Balaban J connectivity index is 2.29. The standard InChI is InChI=1S/C13H12ClN3S/c1-2-11(13-16-6-7-18-13)17-12-5-3-4-10(14)9(12)8-15/h3-7,11,17H,2H2,1H3. The van der Waals surface area contributed by atoms with Crippen molar-refractivity contribution in [2.45, 2.75) is 19.4 Å². The van der Waals surface area contributed by atoms with E-state index >= 15 is 0 Å². The number of hydrogen-bond acceptors (Lipinski definition) is 4. The highest BCUT2D eigenvalue weighted by Gasteiger charge is 2.14. The summed E-state index contributed by atoms with van der Waals surface area (Å²) in [4.78, 5) is 4.30. The van der Waals surface area contributed by atoms with Crippen LogP contribution in [0, 0.1) is 11.3 Å². The Morgan fingerprint density at radius 2 is 2.39 bits per heavy atom. The highest BCUT2D eigenvalue weighted by atomic mass is 35.5. The van der Waals surface area contributed by atoms with E-state index in [2.05, 4.69) is 23.3 Å². The Kier molecular flexibility index (Phi) is 4.19. The van der Waals surface area contributed by atoms with Gasteiger partial charge in [0.05, 0.1) is 22.3 Å². The molecule has 1 N–H and O–H groups in total. The molecular weight excluding hydrogens is 266 g/mol. The van der Waals surface area contributed by atoms with Crippen molar-refractivity contribution in [3.8, 4) is 6.07 Å². The summed E-state index contributed by atoms with van der Waals surface area (Å²) in [6, 6.07) is 7.65. The number of halogens is 1. The number of nitrogens with one attached hydrogen (secondary N) is 1. The lowest BCUT2D eigenvalue weighted by atomic mass is 10.1. The molecule has 92 valence electrons. The number of hydrogen-bond donors (Lipinski definition) is 1. The van der Waals surface area contributed by atoms with Gasteiger partial charge in [-0.2, -0.15) is 5.26 Å². The molecule has 1 heterocycles. The second kappa shape index (κ2) is 5.85. The van der Waals surface area contributed by atoms with Crippen LogP contribution in [-0.4, -0.2) is 4.98 Å². The first-order valence-corrected chi connectivity index (χ1v) is 6.86. The molecular formula is C13H12ClN3S. The van der Waals surface area contributed by atoms with Gasteiger partial charge in [0.2, 0.25) is 0 Å². The van der Waals surface area contributed by atoms with Crippen LogP contribution in [0.1, 0.15) is 30.0 Å². The summed E-state index contributed by atoms with van der Waals surface area (Å²) in [7, 11) is 0. The van der Waals surface area contributed by atoms with E-state index in [1.54, 1.807) is 23.6 Å². The molecule has 0 amide bonds. The molecule has 0 spiro atoms. The van der Waals surface area contributed by atoms with Gasteiger partial charge in [-0.3, -0.25) is 0 Å². The van der Waals surface area contributed by atoms with Crippen molar-refractivity contribution >= 4 is 28.6 Å². The summed E-state index contributed by atoms with van der Waals surface area (Å²) in [6.45, 7) is 2.08. The van der Waals surface area contributed by atoms with Gasteiger partial charge < -0.3 is 5.32 Å². The second-order valence-electron chi connectivity index (χ2n) is 3.75. The van der Waals surface area contributed by atoms with Crippen molar-refractivity contribution in [2.24, 2.45) is 0 Å². The van der Waals surface area contributed by atoms with E-state index < -0.39 is 0 Å². The van der Waals surface area contributed by atoms with E-state index in [-0.39, 0.29) is 6.04 Å². The Bertz CT molecular complexity index is 560. The van der Waals surface area contributed by atoms with Crippen molar-refractivity contribution < 1.29 is 0 Å². The largest absolute Gasteiger partial charge is 0.375 e. The zero-order chi connectivity index (χ0) is 13.0. The van der Waals surface area contributed by atoms with E-state index in [0.29, 0.717) is 10.6 Å². The monoisotopic (exact) mass is 277 g/mol. The van der Waals surface area contributed by atoms with Crippen LogP contribution in [0.2, 0.25) is 5.02 Å². The molecule has 2 rings (SSSR count). The smallest absolute Gasteiger partial charge is 0.115 e. The van der Waals surface area contributed by atoms with Gasteiger partial charge in [0.25, 0.3) is 0 Å². The summed E-state index contributed by atoms with van der Waals surface area (Å²) >= 11 is 7.61. The van der Waals surface area contributed by atoms with Crippen molar-refractivity contribution in [3.05, 3.63) is 45.4 Å². The summed E-state index contributed by atoms with van der Waals surface area (Å²) < 4.78 is 0. The molecule has 0 fully saturated rings. The molecule has 0 saturated heterocycles. The molecule has 0 bridgehead atoms. The fraction of sp³-hybridized carbons (Fsp3) is 0.231. The highest BCUT2D eigenvalue weighted by molar-refractivity contribution is 7.09. The van der Waals surface area contributed by atoms with Gasteiger partial charge in [-0.1, -0.05) is 24.6 Å². The van der Waals surface area contributed by atoms with E-state index in [1.165, 1.54) is 0 Å². The van der Waals surface area contributed by atoms with Crippen LogP contribution in [0.15, 0.2) is 29.8 Å². The molecule has 18 heavy (non-hydrogen) atoms. The summed E-state index contributed by atoms with van der Waals surface area (Å²) in [5, 5.41) is 15.9. The van der Waals surface area contributed by atoms with Crippen LogP contribution in [-0.2, 0) is 0 Å². The van der Waals surface area contributed by atoms with Crippen molar-refractivity contribution in [1.82, 2.24) is 4.98 Å². The normalized spacial score (nSPS) is 11.8. The van der Waals surface area contributed by atoms with Gasteiger partial charge >= 0.3 is 0 Å². The maximum absolute atomic E-state index is 9.13. The number of thiazole rings is 1. The minimum absolute atomic E-state index is 0.107. The Morgan fingerprint density at radius 3 is 3.00 bits per heavy atom. The Morgan fingerprint density at radius 1 is 1.56 bits per heavy atom. The maximum atomic E-state index is 9.13. The van der Waals surface area contributed by atoms with Gasteiger partial charge in [0.15, 0.2) is 0 Å². The molecule has 5 heteroatoms. The van der Waals surface area contributed by atoms with Gasteiger partial charge in [0, 0.05) is 11.6 Å². The molecule has 2 aromatic rings. The zero-order valence-electron chi connectivity index (χ0n) is 9.85. The summed E-state index contributed by atoms with van der Waals surface area (Å²) in [5.41, 5.74) is 1.24. The Hall–Kier alpha value is -1.57. The lowest BCUT2D eigenvalue weighted by molar-refractivity contribution is 0.742. The number of rotatable bonds is 4. The number of nitrogens with zero attached hydrogens (tertiary/aromatic N) is 2. The van der Waals surface area contributed by atoms with Gasteiger partial charge in [0.1, 0.15) is 11.1 Å². The highest BCUT2D eigenvalue weighted by Crippen LogP contribution is 2.29. The van der Waals surface area contributed by atoms with E-state index in [9.17, 15) is 0 Å². The lowest BCUT2D eigenvalue weighted by Crippen LogP contribution is -2.10. The quantitative estimate of drug-likeness (QED) is 0.910. The molecule has 1 unspecified atom stereocenters.